The highest BCUT2D eigenvalue weighted by Crippen LogP contribution is 2.37. The second kappa shape index (κ2) is 5.80. The predicted octanol–water partition coefficient (Wildman–Crippen LogP) is 5.23. The van der Waals surface area contributed by atoms with Crippen molar-refractivity contribution in [1.82, 2.24) is 0 Å². The van der Waals surface area contributed by atoms with Gasteiger partial charge in [-0.05, 0) is 30.3 Å². The molecule has 1 amide bonds. The molecule has 0 spiro atoms. The minimum Gasteiger partial charge on any atom is -0.457 e. The normalized spacial score (nSPS) is 15.2. The van der Waals surface area contributed by atoms with Gasteiger partial charge in [0, 0.05) is 22.6 Å². The van der Waals surface area contributed by atoms with Gasteiger partial charge in [0.1, 0.15) is 11.5 Å². The van der Waals surface area contributed by atoms with Gasteiger partial charge < -0.3 is 9.32 Å². The minimum absolute atomic E-state index is 0.0185. The first-order chi connectivity index (χ1) is 11.6. The van der Waals surface area contributed by atoms with Gasteiger partial charge >= 0.3 is 0 Å². The number of furan rings is 1. The lowest BCUT2D eigenvalue weighted by atomic mass is 10.1. The SMILES string of the molecule is CN1C(=O)/C(=C\c2ccc(-c3ccccc3Br)o2)c2ccccc21. The minimum atomic E-state index is -0.0185. The fourth-order valence-corrected chi connectivity index (χ4v) is 3.40. The van der Waals surface area contributed by atoms with Gasteiger partial charge in [-0.3, -0.25) is 4.79 Å². The van der Waals surface area contributed by atoms with Gasteiger partial charge in [0.15, 0.2) is 0 Å². The number of carbonyl (C=O) groups is 1. The lowest BCUT2D eigenvalue weighted by Crippen LogP contribution is -2.20. The Morgan fingerprint density at radius 2 is 1.67 bits per heavy atom. The summed E-state index contributed by atoms with van der Waals surface area (Å²) in [5.74, 6) is 1.41. The number of rotatable bonds is 2. The Labute approximate surface area is 148 Å². The fraction of sp³-hybridized carbons (Fsp3) is 0.0500. The fourth-order valence-electron chi connectivity index (χ4n) is 2.92. The molecule has 0 saturated carbocycles. The van der Waals surface area contributed by atoms with Crippen LogP contribution in [-0.4, -0.2) is 13.0 Å². The first-order valence-corrected chi connectivity index (χ1v) is 8.38. The molecule has 1 aliphatic heterocycles. The van der Waals surface area contributed by atoms with Gasteiger partial charge in [-0.2, -0.15) is 0 Å². The average molecular weight is 380 g/mol. The maximum atomic E-state index is 12.5. The van der Waals surface area contributed by atoms with E-state index < -0.39 is 0 Å². The Kier molecular flexibility index (Phi) is 3.62. The van der Waals surface area contributed by atoms with Crippen molar-refractivity contribution in [2.45, 2.75) is 0 Å². The largest absolute Gasteiger partial charge is 0.457 e. The average Bonchev–Trinajstić information content (AvgIpc) is 3.15. The number of hydrogen-bond acceptors (Lipinski definition) is 2. The molecule has 0 saturated heterocycles. The molecule has 3 aromatic rings. The molecule has 3 nitrogen and oxygen atoms in total. The first kappa shape index (κ1) is 15.0. The van der Waals surface area contributed by atoms with Crippen LogP contribution in [0.2, 0.25) is 0 Å². The van der Waals surface area contributed by atoms with Crippen molar-refractivity contribution in [3.8, 4) is 11.3 Å². The Bertz CT molecular complexity index is 971. The molecular formula is C20H14BrNO2. The summed E-state index contributed by atoms with van der Waals surface area (Å²) < 4.78 is 6.91. The third kappa shape index (κ3) is 2.39. The molecule has 2 heterocycles. The van der Waals surface area contributed by atoms with Crippen LogP contribution < -0.4 is 4.90 Å². The molecule has 0 atom stereocenters. The molecule has 0 radical (unpaired) electrons. The summed E-state index contributed by atoms with van der Waals surface area (Å²) in [5, 5.41) is 0. The molecule has 0 N–H and O–H groups in total. The maximum Gasteiger partial charge on any atom is 0.258 e. The second-order valence-corrected chi connectivity index (χ2v) is 6.48. The van der Waals surface area contributed by atoms with E-state index in [2.05, 4.69) is 15.9 Å². The van der Waals surface area contributed by atoms with E-state index in [0.717, 1.165) is 27.0 Å². The van der Waals surface area contributed by atoms with E-state index in [1.54, 1.807) is 11.9 Å². The predicted molar refractivity (Wildman–Crippen MR) is 99.6 cm³/mol. The highest BCUT2D eigenvalue weighted by atomic mass is 79.9. The molecular weight excluding hydrogens is 366 g/mol. The van der Waals surface area contributed by atoms with Gasteiger partial charge in [-0.1, -0.05) is 52.3 Å². The molecule has 24 heavy (non-hydrogen) atoms. The van der Waals surface area contributed by atoms with E-state index in [-0.39, 0.29) is 5.91 Å². The summed E-state index contributed by atoms with van der Waals surface area (Å²) in [5.41, 5.74) is 3.49. The number of anilines is 1. The van der Waals surface area contributed by atoms with Crippen LogP contribution in [0.1, 0.15) is 11.3 Å². The van der Waals surface area contributed by atoms with E-state index >= 15 is 0 Å². The van der Waals surface area contributed by atoms with Crippen molar-refractivity contribution < 1.29 is 9.21 Å². The number of para-hydroxylation sites is 1. The van der Waals surface area contributed by atoms with Crippen LogP contribution in [0.5, 0.6) is 0 Å². The summed E-state index contributed by atoms with van der Waals surface area (Å²) in [6, 6.07) is 19.5. The maximum absolute atomic E-state index is 12.5. The van der Waals surface area contributed by atoms with Crippen LogP contribution in [-0.2, 0) is 4.79 Å². The zero-order valence-corrected chi connectivity index (χ0v) is 14.6. The number of nitrogens with zero attached hydrogens (tertiary/aromatic N) is 1. The Morgan fingerprint density at radius 3 is 2.46 bits per heavy atom. The molecule has 4 rings (SSSR count). The Balaban J connectivity index is 1.75. The van der Waals surface area contributed by atoms with Gasteiger partial charge in [0.05, 0.1) is 11.3 Å². The molecule has 4 heteroatoms. The quantitative estimate of drug-likeness (QED) is 0.571. The van der Waals surface area contributed by atoms with Crippen molar-refractivity contribution >= 4 is 39.2 Å². The molecule has 0 unspecified atom stereocenters. The zero-order valence-electron chi connectivity index (χ0n) is 13.0. The third-order valence-corrected chi connectivity index (χ3v) is 4.83. The highest BCUT2D eigenvalue weighted by Gasteiger charge is 2.29. The van der Waals surface area contributed by atoms with E-state index in [1.165, 1.54) is 0 Å². The number of amides is 1. The Morgan fingerprint density at radius 1 is 0.958 bits per heavy atom. The number of fused-ring (bicyclic) bond motifs is 1. The van der Waals surface area contributed by atoms with E-state index in [1.807, 2.05) is 66.7 Å². The summed E-state index contributed by atoms with van der Waals surface area (Å²) in [7, 11) is 1.79. The summed E-state index contributed by atoms with van der Waals surface area (Å²) >= 11 is 3.53. The molecule has 1 aliphatic rings. The second-order valence-electron chi connectivity index (χ2n) is 5.62. The summed E-state index contributed by atoms with van der Waals surface area (Å²) in [6.45, 7) is 0. The molecule has 0 bridgehead atoms. The zero-order chi connectivity index (χ0) is 16.7. The van der Waals surface area contributed by atoms with Gasteiger partial charge in [0.2, 0.25) is 0 Å². The molecule has 0 aliphatic carbocycles. The molecule has 118 valence electrons. The van der Waals surface area contributed by atoms with Crippen molar-refractivity contribution in [2.24, 2.45) is 0 Å². The Hall–Kier alpha value is -2.59. The topological polar surface area (TPSA) is 33.5 Å². The summed E-state index contributed by atoms with van der Waals surface area (Å²) in [6.07, 6.45) is 1.81. The van der Waals surface area contributed by atoms with Crippen molar-refractivity contribution in [3.05, 3.63) is 76.5 Å². The number of carbonyl (C=O) groups excluding carboxylic acids is 1. The smallest absolute Gasteiger partial charge is 0.258 e. The van der Waals surface area contributed by atoms with E-state index in [9.17, 15) is 4.79 Å². The standard InChI is InChI=1S/C20H14BrNO2/c1-22-18-9-5-3-6-14(18)16(20(22)23)12-13-10-11-19(24-13)15-7-2-4-8-17(15)21/h2-12H,1H3/b16-12-. The van der Waals surface area contributed by atoms with Gasteiger partial charge in [-0.25, -0.2) is 0 Å². The first-order valence-electron chi connectivity index (χ1n) is 7.59. The molecule has 0 fully saturated rings. The monoisotopic (exact) mass is 379 g/mol. The van der Waals surface area contributed by atoms with Crippen LogP contribution in [0.4, 0.5) is 5.69 Å². The van der Waals surface area contributed by atoms with Crippen LogP contribution in [0.25, 0.3) is 23.0 Å². The van der Waals surface area contributed by atoms with Gasteiger partial charge in [0.25, 0.3) is 5.91 Å². The highest BCUT2D eigenvalue weighted by molar-refractivity contribution is 9.10. The van der Waals surface area contributed by atoms with Crippen LogP contribution in [0, 0.1) is 0 Å². The lowest BCUT2D eigenvalue weighted by Gasteiger charge is -2.07. The number of halogens is 1. The number of hydrogen-bond donors (Lipinski definition) is 0. The van der Waals surface area contributed by atoms with Crippen LogP contribution in [0.15, 0.2) is 69.6 Å². The number of likely N-dealkylation sites (N-methyl/N-ethyl adjacent to an activating group) is 1. The van der Waals surface area contributed by atoms with E-state index in [4.69, 9.17) is 4.42 Å². The van der Waals surface area contributed by atoms with Crippen molar-refractivity contribution in [2.75, 3.05) is 11.9 Å². The lowest BCUT2D eigenvalue weighted by molar-refractivity contribution is -0.112. The molecule has 1 aromatic heterocycles. The summed E-state index contributed by atoms with van der Waals surface area (Å²) in [4.78, 5) is 14.2. The van der Waals surface area contributed by atoms with Crippen molar-refractivity contribution in [3.63, 3.8) is 0 Å². The number of benzene rings is 2. The third-order valence-electron chi connectivity index (χ3n) is 4.14. The molecule has 2 aromatic carbocycles. The van der Waals surface area contributed by atoms with Crippen molar-refractivity contribution in [1.29, 1.82) is 0 Å². The van der Waals surface area contributed by atoms with Crippen LogP contribution >= 0.6 is 15.9 Å². The van der Waals surface area contributed by atoms with Crippen LogP contribution in [0.3, 0.4) is 0 Å². The van der Waals surface area contributed by atoms with Gasteiger partial charge in [-0.15, -0.1) is 0 Å². The van der Waals surface area contributed by atoms with E-state index in [0.29, 0.717) is 11.3 Å².